The first-order chi connectivity index (χ1) is 5.79. The molecule has 0 bridgehead atoms. The fourth-order valence-electron chi connectivity index (χ4n) is 0.724. The molecule has 0 aliphatic rings. The van der Waals surface area contributed by atoms with E-state index >= 15 is 0 Å². The van der Waals surface area contributed by atoms with Crippen molar-refractivity contribution in [3.63, 3.8) is 0 Å². The minimum Gasteiger partial charge on any atom is -0.387 e. The normalized spacial score (nSPS) is 10.3. The van der Waals surface area contributed by atoms with Gasteiger partial charge in [0.1, 0.15) is 10.0 Å². The number of hydrogen-bond acceptors (Lipinski definition) is 8. The number of nitrogens with two attached hydrogens (primary N) is 2. The van der Waals surface area contributed by atoms with Crippen LogP contribution in [0.25, 0.3) is 11.4 Å². The highest BCUT2D eigenvalue weighted by Crippen LogP contribution is 2.29. The lowest BCUT2D eigenvalue weighted by molar-refractivity contribution is 1.11. The molecule has 2 aromatic heterocycles. The van der Waals surface area contributed by atoms with Gasteiger partial charge in [0.05, 0.1) is 0 Å². The van der Waals surface area contributed by atoms with Crippen molar-refractivity contribution in [2.24, 2.45) is 0 Å². The molecule has 2 aromatic rings. The van der Waals surface area contributed by atoms with E-state index in [2.05, 4.69) is 19.2 Å². The monoisotopic (exact) mass is 200 g/mol. The minimum absolute atomic E-state index is 0.509. The predicted molar refractivity (Wildman–Crippen MR) is 47.6 cm³/mol. The van der Waals surface area contributed by atoms with Crippen molar-refractivity contribution in [3.05, 3.63) is 0 Å². The van der Waals surface area contributed by atoms with Gasteiger partial charge in [-0.15, -0.1) is 10.2 Å². The molecule has 0 fully saturated rings. The molecular weight excluding hydrogens is 196 g/mol. The van der Waals surface area contributed by atoms with E-state index in [-0.39, 0.29) is 0 Å². The molecule has 0 aliphatic heterocycles. The van der Waals surface area contributed by atoms with Crippen LogP contribution in [0, 0.1) is 0 Å². The Labute approximate surface area is 75.5 Å². The van der Waals surface area contributed by atoms with Crippen LogP contribution in [0.4, 0.5) is 10.0 Å². The van der Waals surface area contributed by atoms with Gasteiger partial charge >= 0.3 is 0 Å². The van der Waals surface area contributed by atoms with Gasteiger partial charge in [-0.25, -0.2) is 0 Å². The highest BCUT2D eigenvalue weighted by Gasteiger charge is 2.13. The molecule has 0 unspecified atom stereocenters. The maximum absolute atomic E-state index is 5.58. The van der Waals surface area contributed by atoms with E-state index in [9.17, 15) is 0 Å². The van der Waals surface area contributed by atoms with Crippen molar-refractivity contribution < 1.29 is 0 Å². The van der Waals surface area contributed by atoms with E-state index in [0.717, 1.165) is 23.1 Å². The molecule has 0 radical (unpaired) electrons. The highest BCUT2D eigenvalue weighted by atomic mass is 32.1. The highest BCUT2D eigenvalue weighted by molar-refractivity contribution is 7.11. The molecule has 2 rings (SSSR count). The number of aromatic nitrogens is 4. The van der Waals surface area contributed by atoms with Gasteiger partial charge in [-0.3, -0.25) is 0 Å². The van der Waals surface area contributed by atoms with E-state index in [4.69, 9.17) is 11.5 Å². The summed E-state index contributed by atoms with van der Waals surface area (Å²) in [7, 11) is 0. The molecular formula is C4H4N6S2. The molecule has 12 heavy (non-hydrogen) atoms. The summed E-state index contributed by atoms with van der Waals surface area (Å²) in [5, 5.41) is 8.59. The average Bonchev–Trinajstić information content (AvgIpc) is 2.59. The fraction of sp³-hybridized carbons (Fsp3) is 0. The van der Waals surface area contributed by atoms with Crippen LogP contribution in [0.5, 0.6) is 0 Å². The Kier molecular flexibility index (Phi) is 1.62. The number of anilines is 2. The third kappa shape index (κ3) is 1.01. The summed E-state index contributed by atoms with van der Waals surface area (Å²) in [4.78, 5) is 0. The fourth-order valence-corrected chi connectivity index (χ4v) is 1.59. The summed E-state index contributed by atoms with van der Waals surface area (Å²) >= 11 is 2.22. The first kappa shape index (κ1) is 7.37. The lowest BCUT2D eigenvalue weighted by Gasteiger charge is -1.89. The predicted octanol–water partition coefficient (Wildman–Crippen LogP) is 0.221. The van der Waals surface area contributed by atoms with Crippen LogP contribution in [0.2, 0.25) is 0 Å². The largest absolute Gasteiger partial charge is 0.387 e. The Balaban J connectivity index is 2.57. The lowest BCUT2D eigenvalue weighted by atomic mass is 10.3. The van der Waals surface area contributed by atoms with Gasteiger partial charge in [0, 0.05) is 23.1 Å². The minimum atomic E-state index is 0.509. The van der Waals surface area contributed by atoms with Crippen LogP contribution in [-0.2, 0) is 0 Å². The Morgan fingerprint density at radius 1 is 0.833 bits per heavy atom. The van der Waals surface area contributed by atoms with Gasteiger partial charge in [-0.05, 0) is 0 Å². The Morgan fingerprint density at radius 3 is 1.50 bits per heavy atom. The average molecular weight is 200 g/mol. The van der Waals surface area contributed by atoms with E-state index in [1.165, 1.54) is 0 Å². The summed E-state index contributed by atoms with van der Waals surface area (Å²) in [5.41, 5.74) is 12.2. The molecule has 8 heteroatoms. The molecule has 62 valence electrons. The van der Waals surface area contributed by atoms with Crippen LogP contribution < -0.4 is 11.5 Å². The maximum Gasteiger partial charge on any atom is 0.152 e. The molecule has 2 heterocycles. The quantitative estimate of drug-likeness (QED) is 0.682. The molecule has 0 saturated heterocycles. The van der Waals surface area contributed by atoms with E-state index in [1.54, 1.807) is 0 Å². The third-order valence-corrected chi connectivity index (χ3v) is 2.36. The Hall–Kier alpha value is -1.28. The lowest BCUT2D eigenvalue weighted by Crippen LogP contribution is -1.90. The van der Waals surface area contributed by atoms with Crippen molar-refractivity contribution in [3.8, 4) is 11.4 Å². The van der Waals surface area contributed by atoms with E-state index < -0.39 is 0 Å². The molecule has 0 aliphatic carbocycles. The topological polar surface area (TPSA) is 104 Å². The summed E-state index contributed by atoms with van der Waals surface area (Å²) in [6, 6.07) is 0. The van der Waals surface area contributed by atoms with Gasteiger partial charge < -0.3 is 11.5 Å². The SMILES string of the molecule is Nc1snnc1-c1nnsc1N. The van der Waals surface area contributed by atoms with Crippen molar-refractivity contribution >= 4 is 33.1 Å². The second-order valence-corrected chi connectivity index (χ2v) is 3.54. The number of rotatable bonds is 1. The van der Waals surface area contributed by atoms with Crippen LogP contribution >= 0.6 is 23.1 Å². The van der Waals surface area contributed by atoms with Crippen LogP contribution in [0.3, 0.4) is 0 Å². The maximum atomic E-state index is 5.58. The van der Waals surface area contributed by atoms with Gasteiger partial charge in [0.15, 0.2) is 11.4 Å². The molecule has 0 aromatic carbocycles. The van der Waals surface area contributed by atoms with Crippen LogP contribution in [-0.4, -0.2) is 19.2 Å². The van der Waals surface area contributed by atoms with Crippen LogP contribution in [0.1, 0.15) is 0 Å². The zero-order valence-electron chi connectivity index (χ0n) is 5.76. The van der Waals surface area contributed by atoms with E-state index in [0.29, 0.717) is 21.4 Å². The van der Waals surface area contributed by atoms with Crippen molar-refractivity contribution in [1.82, 2.24) is 19.2 Å². The standard InChI is InChI=1S/C4H4N6S2/c5-3-1(7-9-11-3)2-4(6)12-10-8-2/h5-6H2. The van der Waals surface area contributed by atoms with Gasteiger partial charge in [0.2, 0.25) is 0 Å². The summed E-state index contributed by atoms with van der Waals surface area (Å²) in [5.74, 6) is 0. The summed E-state index contributed by atoms with van der Waals surface area (Å²) in [6.45, 7) is 0. The molecule has 4 N–H and O–H groups in total. The summed E-state index contributed by atoms with van der Waals surface area (Å²) in [6.07, 6.45) is 0. The number of nitrogen functional groups attached to an aromatic ring is 2. The molecule has 0 atom stereocenters. The zero-order valence-corrected chi connectivity index (χ0v) is 7.39. The third-order valence-electron chi connectivity index (χ3n) is 1.25. The first-order valence-corrected chi connectivity index (χ1v) is 4.49. The smallest absolute Gasteiger partial charge is 0.152 e. The molecule has 0 amide bonds. The van der Waals surface area contributed by atoms with Crippen molar-refractivity contribution in [2.45, 2.75) is 0 Å². The first-order valence-electron chi connectivity index (χ1n) is 2.95. The number of hydrogen-bond donors (Lipinski definition) is 2. The number of nitrogens with zero attached hydrogens (tertiary/aromatic N) is 4. The Bertz CT molecular complexity index is 353. The van der Waals surface area contributed by atoms with Gasteiger partial charge in [-0.1, -0.05) is 8.98 Å². The Morgan fingerprint density at radius 2 is 1.25 bits per heavy atom. The second-order valence-electron chi connectivity index (χ2n) is 1.97. The molecule has 0 saturated carbocycles. The zero-order chi connectivity index (χ0) is 8.55. The second kappa shape index (κ2) is 2.64. The van der Waals surface area contributed by atoms with Crippen molar-refractivity contribution in [2.75, 3.05) is 11.5 Å². The molecule has 6 nitrogen and oxygen atoms in total. The van der Waals surface area contributed by atoms with Crippen molar-refractivity contribution in [1.29, 1.82) is 0 Å². The molecule has 0 spiro atoms. The van der Waals surface area contributed by atoms with Crippen LogP contribution in [0.15, 0.2) is 0 Å². The van der Waals surface area contributed by atoms with E-state index in [1.807, 2.05) is 0 Å². The summed E-state index contributed by atoms with van der Waals surface area (Å²) < 4.78 is 7.33. The van der Waals surface area contributed by atoms with Gasteiger partial charge in [0.25, 0.3) is 0 Å². The van der Waals surface area contributed by atoms with Gasteiger partial charge in [-0.2, -0.15) is 0 Å².